The van der Waals surface area contributed by atoms with E-state index in [4.69, 9.17) is 4.74 Å². The second-order valence-electron chi connectivity index (χ2n) is 5.13. The van der Waals surface area contributed by atoms with Crippen molar-refractivity contribution >= 4 is 5.91 Å². The van der Waals surface area contributed by atoms with E-state index in [1.165, 1.54) is 19.1 Å². The quantitative estimate of drug-likeness (QED) is 0.931. The number of nitrogens with one attached hydrogen (secondary N) is 1. The van der Waals surface area contributed by atoms with Gasteiger partial charge in [-0.15, -0.1) is 0 Å². The number of hydrogen-bond acceptors (Lipinski definition) is 3. The van der Waals surface area contributed by atoms with Gasteiger partial charge in [0.1, 0.15) is 17.0 Å². The highest BCUT2D eigenvalue weighted by Crippen LogP contribution is 2.26. The molecule has 5 nitrogen and oxygen atoms in total. The molecule has 1 N–H and O–H groups in total. The molecule has 128 valence electrons. The number of nitrogens with zero attached hydrogens (tertiary/aromatic N) is 1. The number of methoxy groups -OCH3 is 1. The lowest BCUT2D eigenvalue weighted by Gasteiger charge is -2.17. The van der Waals surface area contributed by atoms with Crippen molar-refractivity contribution in [3.8, 4) is 5.75 Å². The fourth-order valence-corrected chi connectivity index (χ4v) is 2.13. The van der Waals surface area contributed by atoms with Crippen molar-refractivity contribution in [2.45, 2.75) is 12.7 Å². The molecular weight excluding hydrogens is 325 g/mol. The number of hydrogen-bond donors (Lipinski definition) is 1. The van der Waals surface area contributed by atoms with Crippen molar-refractivity contribution in [3.05, 3.63) is 63.6 Å². The highest BCUT2D eigenvalue weighted by atomic mass is 19.4. The average Bonchev–Trinajstić information content (AvgIpc) is 2.53. The number of alkyl halides is 3. The molecular formula is C16H15F3N2O3. The second kappa shape index (κ2) is 6.77. The van der Waals surface area contributed by atoms with Gasteiger partial charge < -0.3 is 14.6 Å². The molecule has 0 bridgehead atoms. The Hall–Kier alpha value is -2.77. The molecule has 0 fully saturated rings. The van der Waals surface area contributed by atoms with E-state index in [1.807, 2.05) is 0 Å². The molecule has 0 unspecified atom stereocenters. The van der Waals surface area contributed by atoms with Gasteiger partial charge in [-0.05, 0) is 29.8 Å². The Morgan fingerprint density at radius 1 is 1.25 bits per heavy atom. The van der Waals surface area contributed by atoms with E-state index in [0.717, 1.165) is 11.6 Å². The standard InChI is InChI=1S/C16H15F3N2O3/c1-21(9-10-4-3-5-11(8-10)24-2)15(23)12-6-7-13(16(17,18)19)20-14(12)22/h3-8H,9H2,1-2H3,(H,20,22). The summed E-state index contributed by atoms with van der Waals surface area (Å²) in [6, 6.07) is 8.54. The van der Waals surface area contributed by atoms with E-state index < -0.39 is 23.3 Å². The van der Waals surface area contributed by atoms with Gasteiger partial charge in [-0.25, -0.2) is 0 Å². The van der Waals surface area contributed by atoms with Crippen molar-refractivity contribution in [1.29, 1.82) is 0 Å². The topological polar surface area (TPSA) is 62.4 Å². The molecule has 0 aliphatic heterocycles. The molecule has 1 aromatic heterocycles. The van der Waals surface area contributed by atoms with Crippen LogP contribution in [0, 0.1) is 0 Å². The summed E-state index contributed by atoms with van der Waals surface area (Å²) in [5.74, 6) is -0.0616. The van der Waals surface area contributed by atoms with Gasteiger partial charge in [0.25, 0.3) is 11.5 Å². The monoisotopic (exact) mass is 340 g/mol. The Kier molecular flexibility index (Phi) is 4.96. The van der Waals surface area contributed by atoms with Crippen molar-refractivity contribution in [2.24, 2.45) is 0 Å². The van der Waals surface area contributed by atoms with E-state index in [-0.39, 0.29) is 12.1 Å². The summed E-state index contributed by atoms with van der Waals surface area (Å²) >= 11 is 0. The molecule has 0 atom stereocenters. The van der Waals surface area contributed by atoms with Gasteiger partial charge in [0.15, 0.2) is 0 Å². The van der Waals surface area contributed by atoms with Crippen LogP contribution in [0.4, 0.5) is 13.2 Å². The molecule has 24 heavy (non-hydrogen) atoms. The second-order valence-corrected chi connectivity index (χ2v) is 5.13. The van der Waals surface area contributed by atoms with Crippen LogP contribution in [0.5, 0.6) is 5.75 Å². The number of rotatable bonds is 4. The third-order valence-electron chi connectivity index (χ3n) is 3.35. The molecule has 8 heteroatoms. The first-order chi connectivity index (χ1) is 11.2. The highest BCUT2D eigenvalue weighted by molar-refractivity contribution is 5.93. The van der Waals surface area contributed by atoms with Gasteiger partial charge >= 0.3 is 6.18 Å². The fourth-order valence-electron chi connectivity index (χ4n) is 2.13. The molecule has 0 aliphatic carbocycles. The van der Waals surface area contributed by atoms with E-state index in [1.54, 1.807) is 29.2 Å². The summed E-state index contributed by atoms with van der Waals surface area (Å²) in [4.78, 5) is 27.0. The summed E-state index contributed by atoms with van der Waals surface area (Å²) in [5, 5.41) is 0. The number of amides is 1. The zero-order valence-electron chi connectivity index (χ0n) is 13.0. The van der Waals surface area contributed by atoms with Gasteiger partial charge in [-0.1, -0.05) is 12.1 Å². The van der Waals surface area contributed by atoms with Crippen molar-refractivity contribution in [2.75, 3.05) is 14.2 Å². The molecule has 0 aliphatic rings. The minimum absolute atomic E-state index is 0.177. The number of pyridine rings is 1. The lowest BCUT2D eigenvalue weighted by atomic mass is 10.1. The first-order valence-corrected chi connectivity index (χ1v) is 6.91. The molecule has 2 rings (SSSR count). The summed E-state index contributed by atoms with van der Waals surface area (Å²) in [6.45, 7) is 0.177. The third kappa shape index (κ3) is 3.95. The molecule has 1 aromatic carbocycles. The van der Waals surface area contributed by atoms with Crippen LogP contribution in [0.1, 0.15) is 21.6 Å². The summed E-state index contributed by atoms with van der Waals surface area (Å²) in [5.41, 5.74) is -1.87. The van der Waals surface area contributed by atoms with Crippen LogP contribution in [0.15, 0.2) is 41.2 Å². The summed E-state index contributed by atoms with van der Waals surface area (Å²) in [6.07, 6.45) is -4.67. The lowest BCUT2D eigenvalue weighted by molar-refractivity contribution is -0.141. The fraction of sp³-hybridized carbons (Fsp3) is 0.250. The average molecular weight is 340 g/mol. The number of ether oxygens (including phenoxy) is 1. The van der Waals surface area contributed by atoms with Crippen molar-refractivity contribution in [3.63, 3.8) is 0 Å². The van der Waals surface area contributed by atoms with Crippen LogP contribution >= 0.6 is 0 Å². The molecule has 1 heterocycles. The van der Waals surface area contributed by atoms with Crippen LogP contribution in [-0.2, 0) is 12.7 Å². The maximum atomic E-state index is 12.5. The Labute approximate surface area is 135 Å². The first kappa shape index (κ1) is 17.6. The van der Waals surface area contributed by atoms with Crippen LogP contribution in [-0.4, -0.2) is 29.9 Å². The normalized spacial score (nSPS) is 11.2. The Morgan fingerprint density at radius 2 is 1.96 bits per heavy atom. The van der Waals surface area contributed by atoms with Gasteiger partial charge in [0.2, 0.25) is 0 Å². The number of H-pyrrole nitrogens is 1. The van der Waals surface area contributed by atoms with Crippen LogP contribution < -0.4 is 10.3 Å². The third-order valence-corrected chi connectivity index (χ3v) is 3.35. The van der Waals surface area contributed by atoms with Crippen LogP contribution in [0.3, 0.4) is 0 Å². The lowest BCUT2D eigenvalue weighted by Crippen LogP contribution is -2.32. The number of halogens is 3. The molecule has 0 spiro atoms. The van der Waals surface area contributed by atoms with E-state index in [0.29, 0.717) is 11.8 Å². The van der Waals surface area contributed by atoms with Crippen molar-refractivity contribution in [1.82, 2.24) is 9.88 Å². The van der Waals surface area contributed by atoms with Gasteiger partial charge in [0, 0.05) is 13.6 Å². The number of carbonyl (C=O) groups is 1. The Morgan fingerprint density at radius 3 is 2.54 bits per heavy atom. The highest BCUT2D eigenvalue weighted by Gasteiger charge is 2.32. The summed E-state index contributed by atoms with van der Waals surface area (Å²) < 4.78 is 42.7. The summed E-state index contributed by atoms with van der Waals surface area (Å²) in [7, 11) is 2.97. The maximum Gasteiger partial charge on any atom is 0.431 e. The maximum absolute atomic E-state index is 12.5. The van der Waals surface area contributed by atoms with Crippen molar-refractivity contribution < 1.29 is 22.7 Å². The van der Waals surface area contributed by atoms with E-state index >= 15 is 0 Å². The number of aromatic nitrogens is 1. The van der Waals surface area contributed by atoms with Gasteiger partial charge in [0.05, 0.1) is 7.11 Å². The predicted octanol–water partition coefficient (Wildman–Crippen LogP) is 2.67. The van der Waals surface area contributed by atoms with E-state index in [2.05, 4.69) is 0 Å². The smallest absolute Gasteiger partial charge is 0.431 e. The number of aromatic amines is 1. The number of carbonyl (C=O) groups excluding carboxylic acids is 1. The van der Waals surface area contributed by atoms with E-state index in [9.17, 15) is 22.8 Å². The molecule has 2 aromatic rings. The number of benzene rings is 1. The Bertz CT molecular complexity index is 800. The molecule has 0 saturated heterocycles. The zero-order chi connectivity index (χ0) is 17.9. The minimum Gasteiger partial charge on any atom is -0.497 e. The first-order valence-electron chi connectivity index (χ1n) is 6.91. The molecule has 1 amide bonds. The minimum atomic E-state index is -4.67. The van der Waals surface area contributed by atoms with Gasteiger partial charge in [-0.2, -0.15) is 13.2 Å². The SMILES string of the molecule is COc1cccc(CN(C)C(=O)c2ccc(C(F)(F)F)[nH]c2=O)c1. The largest absolute Gasteiger partial charge is 0.497 e. The Balaban J connectivity index is 2.20. The van der Waals surface area contributed by atoms with Gasteiger partial charge in [-0.3, -0.25) is 9.59 Å². The molecule has 0 saturated carbocycles. The van der Waals surface area contributed by atoms with Crippen LogP contribution in [0.2, 0.25) is 0 Å². The predicted molar refractivity (Wildman–Crippen MR) is 80.9 cm³/mol. The van der Waals surface area contributed by atoms with Crippen LogP contribution in [0.25, 0.3) is 0 Å². The zero-order valence-corrected chi connectivity index (χ0v) is 13.0. The molecule has 0 radical (unpaired) electrons.